The lowest BCUT2D eigenvalue weighted by atomic mass is 10.1. The molecule has 0 aliphatic heterocycles. The molecule has 0 aliphatic rings. The average Bonchev–Trinajstić information content (AvgIpc) is 2.56. The van der Waals surface area contributed by atoms with Crippen LogP contribution in [0.2, 0.25) is 0 Å². The molecule has 0 aliphatic carbocycles. The first-order valence-corrected chi connectivity index (χ1v) is 7.52. The Balaban J connectivity index is 0.00000288. The first-order chi connectivity index (χ1) is 11.1. The number of hydrogen-bond donors (Lipinski definition) is 3. The van der Waals surface area contributed by atoms with E-state index in [1.807, 2.05) is 30.3 Å². The largest absolute Gasteiger partial charge is 0.492 e. The van der Waals surface area contributed by atoms with Gasteiger partial charge in [0, 0.05) is 13.1 Å². The monoisotopic (exact) mass is 351 g/mol. The van der Waals surface area contributed by atoms with Gasteiger partial charge in [-0.2, -0.15) is 0 Å². The molecule has 130 valence electrons. The summed E-state index contributed by atoms with van der Waals surface area (Å²) < 4.78 is 5.56. The molecule has 0 amide bonds. The molecule has 6 heteroatoms. The fourth-order valence-electron chi connectivity index (χ4n) is 2.15. The topological polar surface area (TPSA) is 78.8 Å². The van der Waals surface area contributed by atoms with Crippen LogP contribution in [0.15, 0.2) is 54.6 Å². The van der Waals surface area contributed by atoms with Gasteiger partial charge in [-0.15, -0.1) is 12.4 Å². The van der Waals surface area contributed by atoms with E-state index in [1.54, 1.807) is 24.3 Å². The van der Waals surface area contributed by atoms with E-state index in [9.17, 15) is 9.90 Å². The van der Waals surface area contributed by atoms with E-state index < -0.39 is 12.1 Å². The average molecular weight is 352 g/mol. The smallest absolute Gasteiger partial charge is 0.307 e. The molecule has 2 rings (SSSR count). The van der Waals surface area contributed by atoms with Gasteiger partial charge in [-0.25, -0.2) is 0 Å². The van der Waals surface area contributed by atoms with Gasteiger partial charge < -0.3 is 20.3 Å². The van der Waals surface area contributed by atoms with Crippen molar-refractivity contribution in [2.24, 2.45) is 0 Å². The third-order valence-corrected chi connectivity index (χ3v) is 3.35. The highest BCUT2D eigenvalue weighted by Gasteiger charge is 2.05. The van der Waals surface area contributed by atoms with Crippen molar-refractivity contribution in [1.82, 2.24) is 5.32 Å². The number of rotatable bonds is 9. The van der Waals surface area contributed by atoms with Crippen LogP contribution in [0.1, 0.15) is 17.2 Å². The van der Waals surface area contributed by atoms with Crippen LogP contribution in [0, 0.1) is 0 Å². The summed E-state index contributed by atoms with van der Waals surface area (Å²) in [5.74, 6) is -0.149. The molecule has 0 fully saturated rings. The van der Waals surface area contributed by atoms with Gasteiger partial charge in [-0.05, 0) is 23.3 Å². The predicted molar refractivity (Wildman–Crippen MR) is 94.8 cm³/mol. The van der Waals surface area contributed by atoms with Crippen LogP contribution < -0.4 is 10.1 Å². The van der Waals surface area contributed by atoms with E-state index in [1.165, 1.54) is 0 Å². The van der Waals surface area contributed by atoms with E-state index in [4.69, 9.17) is 9.84 Å². The van der Waals surface area contributed by atoms with Gasteiger partial charge >= 0.3 is 5.97 Å². The van der Waals surface area contributed by atoms with Crippen molar-refractivity contribution in [3.63, 3.8) is 0 Å². The van der Waals surface area contributed by atoms with E-state index in [0.717, 1.165) is 11.1 Å². The second-order valence-corrected chi connectivity index (χ2v) is 5.19. The fourth-order valence-corrected chi connectivity index (χ4v) is 2.15. The van der Waals surface area contributed by atoms with Gasteiger partial charge in [0.2, 0.25) is 0 Å². The Morgan fingerprint density at radius 2 is 1.75 bits per heavy atom. The maximum Gasteiger partial charge on any atom is 0.307 e. The van der Waals surface area contributed by atoms with E-state index >= 15 is 0 Å². The summed E-state index contributed by atoms with van der Waals surface area (Å²) in [5.41, 5.74) is 1.63. The third-order valence-electron chi connectivity index (χ3n) is 3.35. The molecule has 0 radical (unpaired) electrons. The molecule has 3 N–H and O–H groups in total. The molecule has 0 spiro atoms. The summed E-state index contributed by atoms with van der Waals surface area (Å²) in [6.07, 6.45) is -0.523. The number of hydrogen-bond acceptors (Lipinski definition) is 4. The molecule has 2 aromatic rings. The lowest BCUT2D eigenvalue weighted by Gasteiger charge is -2.12. The maximum atomic E-state index is 10.6. The second-order valence-electron chi connectivity index (χ2n) is 5.19. The fraction of sp³-hybridized carbons (Fsp3) is 0.278. The summed E-state index contributed by atoms with van der Waals surface area (Å²) in [7, 11) is 0. The molecule has 24 heavy (non-hydrogen) atoms. The highest BCUT2D eigenvalue weighted by molar-refractivity contribution is 5.85. The first kappa shape index (κ1) is 20.0. The van der Waals surface area contributed by atoms with Gasteiger partial charge in [0.05, 0.1) is 12.5 Å². The minimum Gasteiger partial charge on any atom is -0.492 e. The minimum atomic E-state index is -0.847. The summed E-state index contributed by atoms with van der Waals surface area (Å²) in [4.78, 5) is 10.6. The lowest BCUT2D eigenvalue weighted by Crippen LogP contribution is -2.26. The SMILES string of the molecule is Cl.O=C(O)Cc1ccc(OCCNCC(O)c2ccccc2)cc1. The van der Waals surface area contributed by atoms with Crippen LogP contribution in [0.25, 0.3) is 0 Å². The molecule has 5 nitrogen and oxygen atoms in total. The molecule has 0 bridgehead atoms. The molecule has 0 saturated heterocycles. The van der Waals surface area contributed by atoms with Crippen molar-refractivity contribution in [2.45, 2.75) is 12.5 Å². The standard InChI is InChI=1S/C18H21NO4.ClH/c20-17(15-4-2-1-3-5-15)13-19-10-11-23-16-8-6-14(7-9-16)12-18(21)22;/h1-9,17,19-20H,10-13H2,(H,21,22);1H. The zero-order valence-electron chi connectivity index (χ0n) is 13.2. The Kier molecular flexibility index (Phi) is 8.86. The zero-order valence-corrected chi connectivity index (χ0v) is 14.0. The van der Waals surface area contributed by atoms with Crippen LogP contribution in [0.3, 0.4) is 0 Å². The van der Waals surface area contributed by atoms with Gasteiger partial charge in [0.15, 0.2) is 0 Å². The van der Waals surface area contributed by atoms with Crippen LogP contribution in [0.4, 0.5) is 0 Å². The number of nitrogens with one attached hydrogen (secondary N) is 1. The van der Waals surface area contributed by atoms with Crippen molar-refractivity contribution >= 4 is 18.4 Å². The van der Waals surface area contributed by atoms with E-state index in [-0.39, 0.29) is 18.8 Å². The van der Waals surface area contributed by atoms with Crippen molar-refractivity contribution < 1.29 is 19.7 Å². The van der Waals surface area contributed by atoms with Gasteiger partial charge in [0.1, 0.15) is 12.4 Å². The van der Waals surface area contributed by atoms with E-state index in [0.29, 0.717) is 25.4 Å². The van der Waals surface area contributed by atoms with Crippen molar-refractivity contribution in [2.75, 3.05) is 19.7 Å². The molecule has 1 atom stereocenters. The molecule has 1 unspecified atom stereocenters. The number of aliphatic hydroxyl groups is 1. The lowest BCUT2D eigenvalue weighted by molar-refractivity contribution is -0.136. The van der Waals surface area contributed by atoms with Crippen LogP contribution >= 0.6 is 12.4 Å². The Morgan fingerprint density at radius 3 is 2.38 bits per heavy atom. The van der Waals surface area contributed by atoms with Crippen LogP contribution in [-0.2, 0) is 11.2 Å². The number of benzene rings is 2. The molecule has 0 aromatic heterocycles. The van der Waals surface area contributed by atoms with Crippen molar-refractivity contribution in [1.29, 1.82) is 0 Å². The number of aliphatic hydroxyl groups excluding tert-OH is 1. The molecular weight excluding hydrogens is 330 g/mol. The van der Waals surface area contributed by atoms with Crippen molar-refractivity contribution in [3.8, 4) is 5.75 Å². The molecule has 0 saturated carbocycles. The summed E-state index contributed by atoms with van der Waals surface area (Å²) in [5, 5.41) is 21.8. The predicted octanol–water partition coefficient (Wildman–Crippen LogP) is 2.44. The van der Waals surface area contributed by atoms with Crippen LogP contribution in [0.5, 0.6) is 5.75 Å². The Bertz CT molecular complexity index is 604. The summed E-state index contributed by atoms with van der Waals surface area (Å²) >= 11 is 0. The highest BCUT2D eigenvalue weighted by atomic mass is 35.5. The quantitative estimate of drug-likeness (QED) is 0.605. The second kappa shape index (κ2) is 10.6. The van der Waals surface area contributed by atoms with Crippen LogP contribution in [-0.4, -0.2) is 35.9 Å². The summed E-state index contributed by atoms with van der Waals surface area (Å²) in [6, 6.07) is 16.5. The van der Waals surface area contributed by atoms with Gasteiger partial charge in [0.25, 0.3) is 0 Å². The maximum absolute atomic E-state index is 10.6. The highest BCUT2D eigenvalue weighted by Crippen LogP contribution is 2.13. The van der Waals surface area contributed by atoms with Gasteiger partial charge in [-0.3, -0.25) is 4.79 Å². The number of carboxylic acids is 1. The van der Waals surface area contributed by atoms with Gasteiger partial charge in [-0.1, -0.05) is 42.5 Å². The number of halogens is 1. The number of carbonyl (C=O) groups is 1. The molecule has 2 aromatic carbocycles. The third kappa shape index (κ3) is 7.00. The first-order valence-electron chi connectivity index (χ1n) is 7.52. The van der Waals surface area contributed by atoms with E-state index in [2.05, 4.69) is 5.32 Å². The number of ether oxygens (including phenoxy) is 1. The molecule has 0 heterocycles. The number of carboxylic acid groups (broad SMARTS) is 1. The zero-order chi connectivity index (χ0) is 16.5. The molecular formula is C18H22ClNO4. The Morgan fingerprint density at radius 1 is 1.08 bits per heavy atom. The minimum absolute atomic E-state index is 0. The van der Waals surface area contributed by atoms with Crippen molar-refractivity contribution in [3.05, 3.63) is 65.7 Å². The Labute approximate surface area is 147 Å². The number of aliphatic carboxylic acids is 1. The summed E-state index contributed by atoms with van der Waals surface area (Å²) in [6.45, 7) is 1.55. The normalized spacial score (nSPS) is 11.4. The Hall–Kier alpha value is -2.08.